The number of hydrogen-bond donors (Lipinski definition) is 0. The number of aryl methyl sites for hydroxylation is 1. The summed E-state index contributed by atoms with van der Waals surface area (Å²) in [6.07, 6.45) is -4.24. The van der Waals surface area contributed by atoms with Gasteiger partial charge in [-0.25, -0.2) is 4.98 Å². The van der Waals surface area contributed by atoms with E-state index in [9.17, 15) is 18.0 Å². The number of ether oxygens (including phenoxy) is 1. The summed E-state index contributed by atoms with van der Waals surface area (Å²) in [5, 5.41) is 0. The summed E-state index contributed by atoms with van der Waals surface area (Å²) in [6, 6.07) is 11.8. The molecule has 0 radical (unpaired) electrons. The van der Waals surface area contributed by atoms with Gasteiger partial charge in [-0.15, -0.1) is 0 Å². The third-order valence-corrected chi connectivity index (χ3v) is 5.65. The van der Waals surface area contributed by atoms with E-state index >= 15 is 0 Å². The summed E-state index contributed by atoms with van der Waals surface area (Å²) in [5.74, 6) is 1.34. The molecular formula is C24H24F3N3O3. The lowest BCUT2D eigenvalue weighted by Crippen LogP contribution is -2.51. The summed E-state index contributed by atoms with van der Waals surface area (Å²) in [6.45, 7) is 5.00. The SMILES string of the molecule is Cc1oc(-c2ccc(C(F)(F)F)cc2)nc1-c1ccc(OC(C=O)N2CCN(C)CC2)cc1. The van der Waals surface area contributed by atoms with Gasteiger partial charge in [0, 0.05) is 37.3 Å². The topological polar surface area (TPSA) is 58.8 Å². The molecule has 1 unspecified atom stereocenters. The number of carbonyl (C=O) groups excluding carboxylic acids is 1. The number of rotatable bonds is 6. The van der Waals surface area contributed by atoms with Crippen LogP contribution in [0.2, 0.25) is 0 Å². The highest BCUT2D eigenvalue weighted by Crippen LogP contribution is 2.33. The zero-order chi connectivity index (χ0) is 23.6. The predicted molar refractivity (Wildman–Crippen MR) is 117 cm³/mol. The second-order valence-corrected chi connectivity index (χ2v) is 8.01. The van der Waals surface area contributed by atoms with Crippen LogP contribution in [0.4, 0.5) is 13.2 Å². The maximum Gasteiger partial charge on any atom is 0.416 e. The van der Waals surface area contributed by atoms with E-state index in [0.717, 1.165) is 50.2 Å². The van der Waals surface area contributed by atoms with Crippen molar-refractivity contribution in [3.8, 4) is 28.5 Å². The van der Waals surface area contributed by atoms with Crippen LogP contribution >= 0.6 is 0 Å². The van der Waals surface area contributed by atoms with Gasteiger partial charge in [-0.2, -0.15) is 13.2 Å². The molecule has 1 aliphatic heterocycles. The average molecular weight is 459 g/mol. The third kappa shape index (κ3) is 5.26. The molecule has 4 rings (SSSR count). The molecule has 0 aliphatic carbocycles. The van der Waals surface area contributed by atoms with Crippen molar-refractivity contribution in [2.45, 2.75) is 19.3 Å². The molecule has 1 fully saturated rings. The van der Waals surface area contributed by atoms with Crippen molar-refractivity contribution in [2.75, 3.05) is 33.2 Å². The Kier molecular flexibility index (Phi) is 6.53. The molecule has 0 amide bonds. The van der Waals surface area contributed by atoms with Gasteiger partial charge in [0.1, 0.15) is 17.2 Å². The Morgan fingerprint density at radius 2 is 1.61 bits per heavy atom. The molecular weight excluding hydrogens is 435 g/mol. The molecule has 1 aliphatic rings. The molecule has 0 bridgehead atoms. The third-order valence-electron chi connectivity index (χ3n) is 5.65. The summed E-state index contributed by atoms with van der Waals surface area (Å²) < 4.78 is 50.0. The van der Waals surface area contributed by atoms with Crippen LogP contribution in [0.1, 0.15) is 11.3 Å². The second kappa shape index (κ2) is 9.36. The van der Waals surface area contributed by atoms with Gasteiger partial charge in [-0.05, 0) is 62.5 Å². The van der Waals surface area contributed by atoms with Gasteiger partial charge in [0.15, 0.2) is 6.29 Å². The Morgan fingerprint density at radius 3 is 2.18 bits per heavy atom. The van der Waals surface area contributed by atoms with Crippen LogP contribution in [0.15, 0.2) is 52.9 Å². The van der Waals surface area contributed by atoms with Crippen molar-refractivity contribution < 1.29 is 27.1 Å². The monoisotopic (exact) mass is 459 g/mol. The van der Waals surface area contributed by atoms with Crippen LogP contribution < -0.4 is 4.74 Å². The highest BCUT2D eigenvalue weighted by molar-refractivity contribution is 5.66. The lowest BCUT2D eigenvalue weighted by Gasteiger charge is -2.35. The van der Waals surface area contributed by atoms with E-state index in [1.54, 1.807) is 19.1 Å². The highest BCUT2D eigenvalue weighted by atomic mass is 19.4. The standard InChI is InChI=1S/C24H24F3N3O3/c1-16-22(28-23(32-16)18-3-7-19(8-4-18)24(25,26)27)17-5-9-20(10-6-17)33-21(15-31)30-13-11-29(2)12-14-30/h3-10,15,21H,11-14H2,1-2H3. The number of oxazole rings is 1. The van der Waals surface area contributed by atoms with Gasteiger partial charge in [-0.1, -0.05) is 0 Å². The van der Waals surface area contributed by atoms with Crippen LogP contribution in [-0.4, -0.2) is 60.5 Å². The summed E-state index contributed by atoms with van der Waals surface area (Å²) >= 11 is 0. The molecule has 33 heavy (non-hydrogen) atoms. The first-order valence-electron chi connectivity index (χ1n) is 10.5. The Labute approximate surface area is 189 Å². The predicted octanol–water partition coefficient (Wildman–Crippen LogP) is 4.49. The number of piperazine rings is 1. The smallest absolute Gasteiger partial charge is 0.416 e. The fourth-order valence-electron chi connectivity index (χ4n) is 3.69. The molecule has 1 atom stereocenters. The van der Waals surface area contributed by atoms with Crippen molar-refractivity contribution in [1.29, 1.82) is 0 Å². The number of halogens is 3. The molecule has 6 nitrogen and oxygen atoms in total. The van der Waals surface area contributed by atoms with Gasteiger partial charge in [0.2, 0.25) is 12.1 Å². The molecule has 2 aromatic carbocycles. The summed E-state index contributed by atoms with van der Waals surface area (Å²) in [5.41, 5.74) is 1.08. The number of alkyl halides is 3. The Hall–Kier alpha value is -3.17. The summed E-state index contributed by atoms with van der Waals surface area (Å²) in [7, 11) is 2.04. The van der Waals surface area contributed by atoms with Crippen molar-refractivity contribution in [3.05, 3.63) is 59.9 Å². The van der Waals surface area contributed by atoms with Crippen molar-refractivity contribution in [1.82, 2.24) is 14.8 Å². The lowest BCUT2D eigenvalue weighted by molar-refractivity contribution is -0.137. The molecule has 174 valence electrons. The van der Waals surface area contributed by atoms with E-state index < -0.39 is 18.0 Å². The normalized spacial score (nSPS) is 16.5. The van der Waals surface area contributed by atoms with Crippen LogP contribution in [0.3, 0.4) is 0 Å². The van der Waals surface area contributed by atoms with Crippen LogP contribution in [-0.2, 0) is 11.0 Å². The molecule has 3 aromatic rings. The fraction of sp³-hybridized carbons (Fsp3) is 0.333. The number of hydrogen-bond acceptors (Lipinski definition) is 6. The first-order chi connectivity index (χ1) is 15.7. The van der Waals surface area contributed by atoms with E-state index in [1.165, 1.54) is 12.1 Å². The Bertz CT molecular complexity index is 1090. The molecule has 0 spiro atoms. The Morgan fingerprint density at radius 1 is 1.00 bits per heavy atom. The van der Waals surface area contributed by atoms with Crippen molar-refractivity contribution in [3.63, 3.8) is 0 Å². The maximum atomic E-state index is 12.8. The van der Waals surface area contributed by atoms with Gasteiger partial charge >= 0.3 is 6.18 Å². The van der Waals surface area contributed by atoms with Crippen molar-refractivity contribution in [2.24, 2.45) is 0 Å². The minimum Gasteiger partial charge on any atom is -0.468 e. The molecule has 1 saturated heterocycles. The van der Waals surface area contributed by atoms with E-state index in [4.69, 9.17) is 9.15 Å². The molecule has 9 heteroatoms. The lowest BCUT2D eigenvalue weighted by atomic mass is 10.1. The van der Waals surface area contributed by atoms with Crippen LogP contribution in [0.25, 0.3) is 22.7 Å². The average Bonchev–Trinajstić information content (AvgIpc) is 3.19. The zero-order valence-electron chi connectivity index (χ0n) is 18.3. The minimum atomic E-state index is -4.40. The molecule has 0 N–H and O–H groups in total. The van der Waals surface area contributed by atoms with Gasteiger partial charge in [0.05, 0.1) is 5.56 Å². The molecule has 2 heterocycles. The Balaban J connectivity index is 1.48. The van der Waals surface area contributed by atoms with Gasteiger partial charge < -0.3 is 14.1 Å². The molecule has 1 aromatic heterocycles. The second-order valence-electron chi connectivity index (χ2n) is 8.01. The van der Waals surface area contributed by atoms with Crippen LogP contribution in [0, 0.1) is 6.92 Å². The first kappa shape index (κ1) is 23.0. The quantitative estimate of drug-likeness (QED) is 0.507. The van der Waals surface area contributed by atoms with E-state index in [2.05, 4.69) is 9.88 Å². The highest BCUT2D eigenvalue weighted by Gasteiger charge is 2.30. The van der Waals surface area contributed by atoms with E-state index in [-0.39, 0.29) is 5.89 Å². The maximum absolute atomic E-state index is 12.8. The zero-order valence-corrected chi connectivity index (χ0v) is 18.3. The van der Waals surface area contributed by atoms with Gasteiger partial charge in [0.25, 0.3) is 0 Å². The first-order valence-corrected chi connectivity index (χ1v) is 10.5. The van der Waals surface area contributed by atoms with E-state index in [1.807, 2.05) is 24.1 Å². The number of likely N-dealkylation sites (N-methyl/N-ethyl adjacent to an activating group) is 1. The number of nitrogens with zero attached hydrogens (tertiary/aromatic N) is 3. The van der Waals surface area contributed by atoms with E-state index in [0.29, 0.717) is 22.8 Å². The fourth-order valence-corrected chi connectivity index (χ4v) is 3.69. The number of aromatic nitrogens is 1. The number of benzene rings is 2. The number of carbonyl (C=O) groups is 1. The number of aldehydes is 1. The minimum absolute atomic E-state index is 0.243. The molecule has 0 saturated carbocycles. The summed E-state index contributed by atoms with van der Waals surface area (Å²) in [4.78, 5) is 20.2. The van der Waals surface area contributed by atoms with Crippen molar-refractivity contribution >= 4 is 6.29 Å². The largest absolute Gasteiger partial charge is 0.468 e. The van der Waals surface area contributed by atoms with Crippen LogP contribution in [0.5, 0.6) is 5.75 Å². The van der Waals surface area contributed by atoms with Gasteiger partial charge in [-0.3, -0.25) is 9.69 Å².